The fraction of sp³-hybridized carbons (Fsp3) is 0.684. The number of likely N-dealkylation sites (tertiary alicyclic amines) is 1. The molecule has 112 valence electrons. The van der Waals surface area contributed by atoms with Crippen LogP contribution in [0.3, 0.4) is 0 Å². The van der Waals surface area contributed by atoms with Gasteiger partial charge in [0.05, 0.1) is 0 Å². The van der Waals surface area contributed by atoms with E-state index in [4.69, 9.17) is 0 Å². The maximum Gasteiger partial charge on any atom is 0.00385 e. The second-order valence-corrected chi connectivity index (χ2v) is 7.12. The summed E-state index contributed by atoms with van der Waals surface area (Å²) in [5.41, 5.74) is 6.11. The third-order valence-electron chi connectivity index (χ3n) is 4.98. The Balaban J connectivity index is 2.16. The molecule has 1 fully saturated rings. The van der Waals surface area contributed by atoms with Crippen LogP contribution in [0.4, 0.5) is 0 Å². The van der Waals surface area contributed by atoms with E-state index in [0.717, 1.165) is 5.92 Å². The number of hydrogen-bond acceptors (Lipinski definition) is 1. The number of piperidine rings is 1. The predicted molar refractivity (Wildman–Crippen MR) is 88.7 cm³/mol. The SMILES string of the molecule is Cc1cc(C2CCN(C(C)C)CC2)c(C)cc1C(C)C. The van der Waals surface area contributed by atoms with Crippen molar-refractivity contribution in [3.63, 3.8) is 0 Å². The van der Waals surface area contributed by atoms with E-state index in [-0.39, 0.29) is 0 Å². The lowest BCUT2D eigenvalue weighted by atomic mass is 9.83. The van der Waals surface area contributed by atoms with Crippen LogP contribution in [-0.2, 0) is 0 Å². The molecule has 1 aromatic rings. The van der Waals surface area contributed by atoms with E-state index >= 15 is 0 Å². The van der Waals surface area contributed by atoms with Gasteiger partial charge < -0.3 is 4.90 Å². The molecule has 1 aromatic carbocycles. The highest BCUT2D eigenvalue weighted by atomic mass is 15.1. The minimum absolute atomic E-state index is 0.630. The Morgan fingerprint density at radius 3 is 2.05 bits per heavy atom. The van der Waals surface area contributed by atoms with Gasteiger partial charge in [0.1, 0.15) is 0 Å². The summed E-state index contributed by atoms with van der Waals surface area (Å²) in [4.78, 5) is 2.61. The van der Waals surface area contributed by atoms with Crippen LogP contribution in [0.15, 0.2) is 12.1 Å². The molecular weight excluding hydrogens is 242 g/mol. The lowest BCUT2D eigenvalue weighted by molar-refractivity contribution is 0.171. The average molecular weight is 273 g/mol. The van der Waals surface area contributed by atoms with Gasteiger partial charge in [0.15, 0.2) is 0 Å². The molecule has 0 radical (unpaired) electrons. The van der Waals surface area contributed by atoms with E-state index in [1.54, 1.807) is 5.56 Å². The largest absolute Gasteiger partial charge is 0.301 e. The molecule has 1 heteroatoms. The Morgan fingerprint density at radius 2 is 1.55 bits per heavy atom. The van der Waals surface area contributed by atoms with Crippen LogP contribution < -0.4 is 0 Å². The molecule has 0 spiro atoms. The monoisotopic (exact) mass is 273 g/mol. The molecule has 20 heavy (non-hydrogen) atoms. The summed E-state index contributed by atoms with van der Waals surface area (Å²) in [6, 6.07) is 5.60. The van der Waals surface area contributed by atoms with E-state index in [9.17, 15) is 0 Å². The molecule has 0 N–H and O–H groups in total. The minimum atomic E-state index is 0.630. The van der Waals surface area contributed by atoms with Crippen molar-refractivity contribution >= 4 is 0 Å². The zero-order chi connectivity index (χ0) is 14.9. The van der Waals surface area contributed by atoms with Crippen molar-refractivity contribution in [2.45, 2.75) is 72.3 Å². The third-order valence-corrected chi connectivity index (χ3v) is 4.98. The summed E-state index contributed by atoms with van der Waals surface area (Å²) in [6.45, 7) is 16.3. The summed E-state index contributed by atoms with van der Waals surface area (Å²) in [6.07, 6.45) is 2.64. The normalized spacial score (nSPS) is 18.2. The molecule has 1 aliphatic rings. The van der Waals surface area contributed by atoms with Gasteiger partial charge in [-0.2, -0.15) is 0 Å². The van der Waals surface area contributed by atoms with Gasteiger partial charge in [0.25, 0.3) is 0 Å². The molecule has 0 aromatic heterocycles. The molecule has 0 amide bonds. The predicted octanol–water partition coefficient (Wildman–Crippen LogP) is 5.01. The Kier molecular flexibility index (Phi) is 4.90. The lowest BCUT2D eigenvalue weighted by Crippen LogP contribution is -2.38. The summed E-state index contributed by atoms with van der Waals surface area (Å²) in [5.74, 6) is 1.40. The van der Waals surface area contributed by atoms with Crippen molar-refractivity contribution in [1.29, 1.82) is 0 Å². The summed E-state index contributed by atoms with van der Waals surface area (Å²) in [7, 11) is 0. The highest BCUT2D eigenvalue weighted by molar-refractivity contribution is 5.40. The van der Waals surface area contributed by atoms with Crippen LogP contribution in [0.2, 0.25) is 0 Å². The first-order chi connectivity index (χ1) is 9.40. The number of benzene rings is 1. The topological polar surface area (TPSA) is 3.24 Å². The van der Waals surface area contributed by atoms with Gasteiger partial charge in [-0.3, -0.25) is 0 Å². The Hall–Kier alpha value is -0.820. The van der Waals surface area contributed by atoms with Crippen molar-refractivity contribution < 1.29 is 0 Å². The van der Waals surface area contributed by atoms with Gasteiger partial charge in [-0.1, -0.05) is 26.0 Å². The fourth-order valence-corrected chi connectivity index (χ4v) is 3.65. The highest BCUT2D eigenvalue weighted by Crippen LogP contribution is 2.33. The number of rotatable bonds is 3. The Labute approximate surface area is 125 Å². The highest BCUT2D eigenvalue weighted by Gasteiger charge is 2.23. The molecule has 0 atom stereocenters. The molecule has 2 rings (SSSR count). The van der Waals surface area contributed by atoms with E-state index in [2.05, 4.69) is 58.6 Å². The quantitative estimate of drug-likeness (QED) is 0.748. The van der Waals surface area contributed by atoms with Gasteiger partial charge in [-0.25, -0.2) is 0 Å². The second-order valence-electron chi connectivity index (χ2n) is 7.12. The van der Waals surface area contributed by atoms with Crippen LogP contribution in [0.1, 0.15) is 74.6 Å². The van der Waals surface area contributed by atoms with Crippen LogP contribution in [0, 0.1) is 13.8 Å². The average Bonchev–Trinajstić information content (AvgIpc) is 2.40. The Morgan fingerprint density at radius 1 is 0.950 bits per heavy atom. The molecule has 1 aliphatic heterocycles. The van der Waals surface area contributed by atoms with Crippen LogP contribution >= 0.6 is 0 Å². The molecule has 1 heterocycles. The molecule has 0 saturated carbocycles. The van der Waals surface area contributed by atoms with Crippen molar-refractivity contribution in [1.82, 2.24) is 4.90 Å². The van der Waals surface area contributed by atoms with Crippen molar-refractivity contribution in [3.05, 3.63) is 34.4 Å². The van der Waals surface area contributed by atoms with Crippen molar-refractivity contribution in [3.8, 4) is 0 Å². The molecule has 1 saturated heterocycles. The minimum Gasteiger partial charge on any atom is -0.301 e. The van der Waals surface area contributed by atoms with Crippen LogP contribution in [0.5, 0.6) is 0 Å². The van der Waals surface area contributed by atoms with E-state index in [1.807, 2.05) is 0 Å². The first kappa shape index (κ1) is 15.6. The second kappa shape index (κ2) is 6.30. The van der Waals surface area contributed by atoms with Gasteiger partial charge >= 0.3 is 0 Å². The Bertz CT molecular complexity index is 451. The summed E-state index contributed by atoms with van der Waals surface area (Å²) >= 11 is 0. The third kappa shape index (κ3) is 3.25. The first-order valence-corrected chi connectivity index (χ1v) is 8.25. The molecule has 1 nitrogen and oxygen atoms in total. The standard InChI is InChI=1S/C19H31N/c1-13(2)18-11-16(6)19(12-15(18)5)17-7-9-20(10-8-17)14(3)4/h11-14,17H,7-10H2,1-6H3. The van der Waals surface area contributed by atoms with Crippen LogP contribution in [-0.4, -0.2) is 24.0 Å². The number of hydrogen-bond donors (Lipinski definition) is 0. The zero-order valence-corrected chi connectivity index (χ0v) is 14.2. The number of aryl methyl sites for hydroxylation is 2. The van der Waals surface area contributed by atoms with Crippen molar-refractivity contribution in [2.24, 2.45) is 0 Å². The first-order valence-electron chi connectivity index (χ1n) is 8.25. The van der Waals surface area contributed by atoms with E-state index < -0.39 is 0 Å². The zero-order valence-electron chi connectivity index (χ0n) is 14.2. The summed E-state index contributed by atoms with van der Waals surface area (Å²) < 4.78 is 0. The fourth-order valence-electron chi connectivity index (χ4n) is 3.65. The molecule has 0 unspecified atom stereocenters. The van der Waals surface area contributed by atoms with Gasteiger partial charge in [-0.15, -0.1) is 0 Å². The smallest absolute Gasteiger partial charge is 0.00385 e. The van der Waals surface area contributed by atoms with E-state index in [1.165, 1.54) is 42.6 Å². The van der Waals surface area contributed by atoms with E-state index in [0.29, 0.717) is 12.0 Å². The molecule has 0 bridgehead atoms. The number of nitrogens with zero attached hydrogens (tertiary/aromatic N) is 1. The molecule has 0 aliphatic carbocycles. The lowest BCUT2D eigenvalue weighted by Gasteiger charge is -2.35. The molecular formula is C19H31N. The van der Waals surface area contributed by atoms with Gasteiger partial charge in [-0.05, 0) is 87.7 Å². The maximum absolute atomic E-state index is 2.61. The van der Waals surface area contributed by atoms with Crippen molar-refractivity contribution in [2.75, 3.05) is 13.1 Å². The summed E-state index contributed by atoms with van der Waals surface area (Å²) in [5, 5.41) is 0. The maximum atomic E-state index is 2.61. The van der Waals surface area contributed by atoms with Crippen LogP contribution in [0.25, 0.3) is 0 Å². The van der Waals surface area contributed by atoms with Gasteiger partial charge in [0, 0.05) is 6.04 Å². The van der Waals surface area contributed by atoms with Gasteiger partial charge in [0.2, 0.25) is 0 Å².